The number of hydrogen-bond donors (Lipinski definition) is 2. The first-order valence-electron chi connectivity index (χ1n) is 9.03. The molecule has 0 aromatic heterocycles. The van der Waals surface area contributed by atoms with Gasteiger partial charge in [-0.25, -0.2) is 0 Å². The topological polar surface area (TPSA) is 54.9 Å². The van der Waals surface area contributed by atoms with Gasteiger partial charge in [0.2, 0.25) is 0 Å². The van der Waals surface area contributed by atoms with Gasteiger partial charge in [-0.1, -0.05) is 32.3 Å². The van der Waals surface area contributed by atoms with E-state index in [1.165, 1.54) is 32.1 Å². The molecular weight excluding hydrogens is 429 g/mol. The van der Waals surface area contributed by atoms with Crippen molar-refractivity contribution in [3.05, 3.63) is 23.8 Å². The highest BCUT2D eigenvalue weighted by molar-refractivity contribution is 14.0. The van der Waals surface area contributed by atoms with E-state index in [0.717, 1.165) is 29.4 Å². The molecule has 0 radical (unpaired) electrons. The number of aliphatic imine (C=N–C) groups is 1. The van der Waals surface area contributed by atoms with Gasteiger partial charge in [0.15, 0.2) is 17.5 Å². The number of rotatable bonds is 7. The molecule has 5 nitrogen and oxygen atoms in total. The first kappa shape index (κ1) is 21.9. The van der Waals surface area contributed by atoms with Crippen LogP contribution in [-0.2, 0) is 6.54 Å². The summed E-state index contributed by atoms with van der Waals surface area (Å²) in [5, 5.41) is 6.92. The van der Waals surface area contributed by atoms with Crippen LogP contribution in [0.5, 0.6) is 11.5 Å². The van der Waals surface area contributed by atoms with Crippen molar-refractivity contribution in [2.45, 2.75) is 58.0 Å². The van der Waals surface area contributed by atoms with Crippen LogP contribution in [0.25, 0.3) is 0 Å². The summed E-state index contributed by atoms with van der Waals surface area (Å²) in [7, 11) is 3.50. The minimum absolute atomic E-state index is 0. The monoisotopic (exact) mass is 461 g/mol. The van der Waals surface area contributed by atoms with E-state index in [1.54, 1.807) is 7.11 Å². The molecule has 1 aliphatic carbocycles. The third kappa shape index (κ3) is 7.30. The van der Waals surface area contributed by atoms with E-state index in [1.807, 2.05) is 19.2 Å². The van der Waals surface area contributed by atoms with Gasteiger partial charge in [-0.05, 0) is 37.0 Å². The molecule has 6 heteroatoms. The summed E-state index contributed by atoms with van der Waals surface area (Å²) in [6.07, 6.45) is 7.43. The van der Waals surface area contributed by atoms with Crippen LogP contribution in [0.15, 0.2) is 23.2 Å². The summed E-state index contributed by atoms with van der Waals surface area (Å²) >= 11 is 0. The number of halogens is 1. The van der Waals surface area contributed by atoms with Crippen LogP contribution in [-0.4, -0.2) is 32.8 Å². The Bertz CT molecular complexity index is 531. The lowest BCUT2D eigenvalue weighted by Gasteiger charge is -2.25. The first-order valence-corrected chi connectivity index (χ1v) is 9.03. The van der Waals surface area contributed by atoms with Crippen molar-refractivity contribution in [3.8, 4) is 11.5 Å². The molecule has 0 amide bonds. The van der Waals surface area contributed by atoms with E-state index in [2.05, 4.69) is 28.6 Å². The van der Waals surface area contributed by atoms with Crippen LogP contribution < -0.4 is 20.1 Å². The molecule has 1 saturated carbocycles. The van der Waals surface area contributed by atoms with Gasteiger partial charge in [0, 0.05) is 19.6 Å². The molecule has 25 heavy (non-hydrogen) atoms. The molecule has 0 atom stereocenters. The fourth-order valence-electron chi connectivity index (χ4n) is 2.97. The number of methoxy groups -OCH3 is 1. The molecule has 1 aromatic carbocycles. The van der Waals surface area contributed by atoms with Crippen LogP contribution in [0.4, 0.5) is 0 Å². The highest BCUT2D eigenvalue weighted by atomic mass is 127. The SMILES string of the molecule is CCCOc1ccc(CNC(=NC)NC2CCCCC2)cc1OC.I. The van der Waals surface area contributed by atoms with Gasteiger partial charge < -0.3 is 20.1 Å². The molecule has 2 N–H and O–H groups in total. The smallest absolute Gasteiger partial charge is 0.191 e. The van der Waals surface area contributed by atoms with Crippen molar-refractivity contribution in [2.75, 3.05) is 20.8 Å². The molecule has 0 saturated heterocycles. The predicted octanol–water partition coefficient (Wildman–Crippen LogP) is 4.10. The summed E-state index contributed by atoms with van der Waals surface area (Å²) in [5.41, 5.74) is 1.14. The average Bonchev–Trinajstić information content (AvgIpc) is 2.64. The molecule has 142 valence electrons. The maximum absolute atomic E-state index is 5.70. The Balaban J connectivity index is 0.00000312. The van der Waals surface area contributed by atoms with Crippen molar-refractivity contribution in [1.82, 2.24) is 10.6 Å². The zero-order chi connectivity index (χ0) is 17.2. The van der Waals surface area contributed by atoms with Gasteiger partial charge in [-0.3, -0.25) is 4.99 Å². The van der Waals surface area contributed by atoms with Gasteiger partial charge in [0.25, 0.3) is 0 Å². The second-order valence-corrected chi connectivity index (χ2v) is 6.24. The number of ether oxygens (including phenoxy) is 2. The van der Waals surface area contributed by atoms with E-state index in [-0.39, 0.29) is 24.0 Å². The molecular formula is C19H32IN3O2. The van der Waals surface area contributed by atoms with Crippen molar-refractivity contribution < 1.29 is 9.47 Å². The quantitative estimate of drug-likeness (QED) is 0.365. The van der Waals surface area contributed by atoms with Gasteiger partial charge in [0.1, 0.15) is 0 Å². The Morgan fingerprint density at radius 2 is 1.96 bits per heavy atom. The summed E-state index contributed by atoms with van der Waals surface area (Å²) in [6.45, 7) is 3.50. The molecule has 0 bridgehead atoms. The first-order chi connectivity index (χ1) is 11.8. The number of benzene rings is 1. The van der Waals surface area contributed by atoms with Crippen LogP contribution >= 0.6 is 24.0 Å². The van der Waals surface area contributed by atoms with Crippen molar-refractivity contribution in [3.63, 3.8) is 0 Å². The maximum atomic E-state index is 5.70. The maximum Gasteiger partial charge on any atom is 0.191 e. The fourth-order valence-corrected chi connectivity index (χ4v) is 2.97. The third-order valence-electron chi connectivity index (χ3n) is 4.32. The van der Waals surface area contributed by atoms with Gasteiger partial charge >= 0.3 is 0 Å². The highest BCUT2D eigenvalue weighted by Gasteiger charge is 2.14. The Kier molecular flexibility index (Phi) is 10.7. The number of nitrogens with one attached hydrogen (secondary N) is 2. The lowest BCUT2D eigenvalue weighted by molar-refractivity contribution is 0.294. The highest BCUT2D eigenvalue weighted by Crippen LogP contribution is 2.28. The largest absolute Gasteiger partial charge is 0.493 e. The Labute approximate surface area is 169 Å². The van der Waals surface area contributed by atoms with E-state index >= 15 is 0 Å². The zero-order valence-electron chi connectivity index (χ0n) is 15.6. The lowest BCUT2D eigenvalue weighted by Crippen LogP contribution is -2.43. The fraction of sp³-hybridized carbons (Fsp3) is 0.632. The van der Waals surface area contributed by atoms with Gasteiger partial charge in [-0.2, -0.15) is 0 Å². The molecule has 1 aromatic rings. The number of nitrogens with zero attached hydrogens (tertiary/aromatic N) is 1. The summed E-state index contributed by atoms with van der Waals surface area (Å²) in [5.74, 6) is 2.44. The molecule has 0 aliphatic heterocycles. The van der Waals surface area contributed by atoms with Crippen LogP contribution in [0.1, 0.15) is 51.0 Å². The van der Waals surface area contributed by atoms with E-state index in [4.69, 9.17) is 9.47 Å². The molecule has 0 unspecified atom stereocenters. The zero-order valence-corrected chi connectivity index (χ0v) is 18.0. The van der Waals surface area contributed by atoms with E-state index in [9.17, 15) is 0 Å². The van der Waals surface area contributed by atoms with Crippen molar-refractivity contribution >= 4 is 29.9 Å². The Morgan fingerprint density at radius 3 is 2.60 bits per heavy atom. The third-order valence-corrected chi connectivity index (χ3v) is 4.32. The molecule has 1 fully saturated rings. The van der Waals surface area contributed by atoms with E-state index < -0.39 is 0 Å². The van der Waals surface area contributed by atoms with Crippen molar-refractivity contribution in [2.24, 2.45) is 4.99 Å². The number of hydrogen-bond acceptors (Lipinski definition) is 3. The van der Waals surface area contributed by atoms with E-state index in [0.29, 0.717) is 19.2 Å². The Hall–Kier alpha value is -1.18. The predicted molar refractivity (Wildman–Crippen MR) is 114 cm³/mol. The average molecular weight is 461 g/mol. The molecule has 0 heterocycles. The summed E-state index contributed by atoms with van der Waals surface area (Å²) < 4.78 is 11.1. The minimum atomic E-state index is 0. The molecule has 0 spiro atoms. The van der Waals surface area contributed by atoms with Crippen LogP contribution in [0.3, 0.4) is 0 Å². The Morgan fingerprint density at radius 1 is 1.20 bits per heavy atom. The second kappa shape index (κ2) is 12.2. The standard InChI is InChI=1S/C19H31N3O2.HI/c1-4-12-24-17-11-10-15(13-18(17)23-3)14-21-19(20-2)22-16-8-6-5-7-9-16;/h10-11,13,16H,4-9,12,14H2,1-3H3,(H2,20,21,22);1H. The number of guanidine groups is 1. The normalized spacial score (nSPS) is 15.2. The molecule has 1 aliphatic rings. The molecule has 2 rings (SSSR count). The van der Waals surface area contributed by atoms with Crippen molar-refractivity contribution in [1.29, 1.82) is 0 Å². The van der Waals surface area contributed by atoms with Crippen LogP contribution in [0, 0.1) is 0 Å². The second-order valence-electron chi connectivity index (χ2n) is 6.24. The van der Waals surface area contributed by atoms with Crippen LogP contribution in [0.2, 0.25) is 0 Å². The summed E-state index contributed by atoms with van der Waals surface area (Å²) in [4.78, 5) is 4.34. The lowest BCUT2D eigenvalue weighted by atomic mass is 9.96. The van der Waals surface area contributed by atoms with Gasteiger partial charge in [0.05, 0.1) is 13.7 Å². The summed E-state index contributed by atoms with van der Waals surface area (Å²) in [6, 6.07) is 6.60. The van der Waals surface area contributed by atoms with Gasteiger partial charge in [-0.15, -0.1) is 24.0 Å². The minimum Gasteiger partial charge on any atom is -0.493 e.